The molecule has 21 heavy (non-hydrogen) atoms. The van der Waals surface area contributed by atoms with Gasteiger partial charge in [-0.1, -0.05) is 6.92 Å². The maximum atomic E-state index is 13.4. The molecule has 0 aromatic heterocycles. The van der Waals surface area contributed by atoms with Crippen molar-refractivity contribution in [2.45, 2.75) is 12.3 Å². The van der Waals surface area contributed by atoms with Crippen molar-refractivity contribution >= 4 is 43.4 Å². The molecule has 0 aliphatic carbocycles. The van der Waals surface area contributed by atoms with E-state index >= 15 is 0 Å². The second kappa shape index (κ2) is 6.66. The highest BCUT2D eigenvalue weighted by Gasteiger charge is 2.36. The Morgan fingerprint density at radius 2 is 2.24 bits per heavy atom. The largest absolute Gasteiger partial charge is 0.320 e. The predicted octanol–water partition coefficient (Wildman–Crippen LogP) is 2.54. The van der Waals surface area contributed by atoms with Gasteiger partial charge in [0, 0.05) is 28.3 Å². The highest BCUT2D eigenvalue weighted by Crippen LogP contribution is 2.26. The number of carbonyl (C=O) groups is 1. The molecule has 116 valence electrons. The van der Waals surface area contributed by atoms with E-state index in [1.54, 1.807) is 6.92 Å². The van der Waals surface area contributed by atoms with Gasteiger partial charge in [-0.15, -0.1) is 0 Å². The van der Waals surface area contributed by atoms with Crippen LogP contribution in [0.2, 0.25) is 0 Å². The van der Waals surface area contributed by atoms with Gasteiger partial charge in [0.05, 0.1) is 5.56 Å². The zero-order chi connectivity index (χ0) is 15.6. The van der Waals surface area contributed by atoms with Crippen LogP contribution in [0, 0.1) is 5.82 Å². The first-order valence-corrected chi connectivity index (χ1v) is 10.1. The van der Waals surface area contributed by atoms with Crippen molar-refractivity contribution in [2.75, 3.05) is 23.8 Å². The van der Waals surface area contributed by atoms with Crippen molar-refractivity contribution < 1.29 is 17.6 Å². The first-order chi connectivity index (χ1) is 9.86. The number of thioether (sulfide) groups is 1. The minimum Gasteiger partial charge on any atom is -0.320 e. The van der Waals surface area contributed by atoms with Crippen LogP contribution in [-0.4, -0.2) is 48.4 Å². The summed E-state index contributed by atoms with van der Waals surface area (Å²) in [6.07, 6.45) is 0. The summed E-state index contributed by atoms with van der Waals surface area (Å²) in [5.74, 6) is 0.0294. The van der Waals surface area contributed by atoms with E-state index in [2.05, 4.69) is 15.9 Å². The summed E-state index contributed by atoms with van der Waals surface area (Å²) in [7, 11) is -3.37. The van der Waals surface area contributed by atoms with Crippen molar-refractivity contribution in [3.8, 4) is 0 Å². The first-order valence-electron chi connectivity index (χ1n) is 6.42. The van der Waals surface area contributed by atoms with Gasteiger partial charge < -0.3 is 4.90 Å². The van der Waals surface area contributed by atoms with Gasteiger partial charge >= 0.3 is 0 Å². The van der Waals surface area contributed by atoms with E-state index in [0.717, 1.165) is 6.07 Å². The van der Waals surface area contributed by atoms with Crippen molar-refractivity contribution in [3.63, 3.8) is 0 Å². The number of halogens is 2. The second-order valence-corrected chi connectivity index (χ2v) is 9.06. The SMILES string of the molecule is CCS(=O)(=O)C1CSCCN1C(=O)c1cc(F)ccc1Br. The molecule has 8 heteroatoms. The van der Waals surface area contributed by atoms with Crippen LogP contribution in [0.3, 0.4) is 0 Å². The number of nitrogens with zero attached hydrogens (tertiary/aromatic N) is 1. The Kier molecular flexibility index (Phi) is 5.32. The van der Waals surface area contributed by atoms with Crippen LogP contribution < -0.4 is 0 Å². The van der Waals surface area contributed by atoms with Crippen LogP contribution in [-0.2, 0) is 9.84 Å². The molecule has 2 rings (SSSR count). The van der Waals surface area contributed by atoms with Gasteiger partial charge in [0.15, 0.2) is 9.84 Å². The average molecular weight is 396 g/mol. The fourth-order valence-corrected chi connectivity index (χ4v) is 5.50. The lowest BCUT2D eigenvalue weighted by atomic mass is 10.2. The Labute approximate surface area is 136 Å². The number of carbonyl (C=O) groups excluding carboxylic acids is 1. The Hall–Kier alpha value is -0.600. The van der Waals surface area contributed by atoms with Crippen LogP contribution in [0.5, 0.6) is 0 Å². The number of amides is 1. The Morgan fingerprint density at radius 1 is 1.52 bits per heavy atom. The molecule has 1 aromatic rings. The van der Waals surface area contributed by atoms with Gasteiger partial charge in [0.1, 0.15) is 11.2 Å². The maximum absolute atomic E-state index is 13.4. The van der Waals surface area contributed by atoms with Crippen LogP contribution in [0.4, 0.5) is 4.39 Å². The van der Waals surface area contributed by atoms with Crippen molar-refractivity contribution in [2.24, 2.45) is 0 Å². The van der Waals surface area contributed by atoms with Gasteiger partial charge in [0.25, 0.3) is 5.91 Å². The van der Waals surface area contributed by atoms with Gasteiger partial charge in [-0.05, 0) is 34.1 Å². The van der Waals surface area contributed by atoms with Crippen LogP contribution in [0.25, 0.3) is 0 Å². The average Bonchev–Trinajstić information content (AvgIpc) is 2.49. The normalized spacial score (nSPS) is 19.6. The predicted molar refractivity (Wildman–Crippen MR) is 85.7 cm³/mol. The first kappa shape index (κ1) is 16.8. The van der Waals surface area contributed by atoms with E-state index in [4.69, 9.17) is 0 Å². The molecule has 1 fully saturated rings. The lowest BCUT2D eigenvalue weighted by Crippen LogP contribution is -2.50. The van der Waals surface area contributed by atoms with Crippen LogP contribution >= 0.6 is 27.7 Å². The molecule has 1 aliphatic rings. The Balaban J connectivity index is 2.37. The Morgan fingerprint density at radius 3 is 2.90 bits per heavy atom. The number of hydrogen-bond donors (Lipinski definition) is 0. The third-order valence-corrected chi connectivity index (χ3v) is 7.30. The second-order valence-electron chi connectivity index (χ2n) is 4.60. The number of sulfone groups is 1. The summed E-state index contributed by atoms with van der Waals surface area (Å²) in [5.41, 5.74) is 0.151. The van der Waals surface area contributed by atoms with Gasteiger partial charge in [-0.2, -0.15) is 11.8 Å². The van der Waals surface area contributed by atoms with Crippen molar-refractivity contribution in [1.29, 1.82) is 0 Å². The van der Waals surface area contributed by atoms with E-state index in [0.29, 0.717) is 22.5 Å². The van der Waals surface area contributed by atoms with Gasteiger partial charge in [-0.3, -0.25) is 4.79 Å². The molecule has 1 heterocycles. The summed E-state index contributed by atoms with van der Waals surface area (Å²) in [4.78, 5) is 13.9. The van der Waals surface area contributed by atoms with Gasteiger partial charge in [0.2, 0.25) is 0 Å². The molecule has 1 aliphatic heterocycles. The summed E-state index contributed by atoms with van der Waals surface area (Å²) in [6.45, 7) is 1.91. The highest BCUT2D eigenvalue weighted by atomic mass is 79.9. The van der Waals surface area contributed by atoms with E-state index in [9.17, 15) is 17.6 Å². The molecule has 4 nitrogen and oxygen atoms in total. The molecule has 1 aromatic carbocycles. The highest BCUT2D eigenvalue weighted by molar-refractivity contribution is 9.10. The maximum Gasteiger partial charge on any atom is 0.256 e. The monoisotopic (exact) mass is 395 g/mol. The summed E-state index contributed by atoms with van der Waals surface area (Å²) in [6, 6.07) is 3.82. The van der Waals surface area contributed by atoms with E-state index < -0.39 is 26.9 Å². The molecule has 1 saturated heterocycles. The molecule has 1 unspecified atom stereocenters. The molecular weight excluding hydrogens is 381 g/mol. The third-order valence-electron chi connectivity index (χ3n) is 3.32. The molecule has 0 N–H and O–H groups in total. The lowest BCUT2D eigenvalue weighted by Gasteiger charge is -2.34. The van der Waals surface area contributed by atoms with Crippen molar-refractivity contribution in [3.05, 3.63) is 34.1 Å². The topological polar surface area (TPSA) is 54.5 Å². The standard InChI is InChI=1S/C13H15BrFNO3S2/c1-2-21(18,19)12-8-20-6-5-16(12)13(17)10-7-9(15)3-4-11(10)14/h3-4,7,12H,2,5-6,8H2,1H3. The zero-order valence-electron chi connectivity index (χ0n) is 11.4. The Bertz CT molecular complexity index is 651. The van der Waals surface area contributed by atoms with E-state index in [1.807, 2.05) is 0 Å². The third kappa shape index (κ3) is 3.60. The quantitative estimate of drug-likeness (QED) is 0.788. The lowest BCUT2D eigenvalue weighted by molar-refractivity contribution is 0.0748. The summed E-state index contributed by atoms with van der Waals surface area (Å²) >= 11 is 4.73. The fraction of sp³-hybridized carbons (Fsp3) is 0.462. The van der Waals surface area contributed by atoms with Crippen LogP contribution in [0.15, 0.2) is 22.7 Å². The van der Waals surface area contributed by atoms with E-state index in [1.165, 1.54) is 28.8 Å². The van der Waals surface area contributed by atoms with Crippen molar-refractivity contribution in [1.82, 2.24) is 4.90 Å². The number of benzene rings is 1. The fourth-order valence-electron chi connectivity index (χ4n) is 2.12. The molecule has 0 spiro atoms. The molecule has 0 bridgehead atoms. The summed E-state index contributed by atoms with van der Waals surface area (Å²) in [5, 5.41) is -0.844. The van der Waals surface area contributed by atoms with E-state index in [-0.39, 0.29) is 11.3 Å². The minimum absolute atomic E-state index is 0.0215. The van der Waals surface area contributed by atoms with Gasteiger partial charge in [-0.25, -0.2) is 12.8 Å². The molecule has 1 amide bonds. The zero-order valence-corrected chi connectivity index (χ0v) is 14.6. The summed E-state index contributed by atoms with van der Waals surface area (Å²) < 4.78 is 38.1. The van der Waals surface area contributed by atoms with Crippen LogP contribution in [0.1, 0.15) is 17.3 Å². The smallest absolute Gasteiger partial charge is 0.256 e. The molecule has 0 radical (unpaired) electrons. The molecule has 1 atom stereocenters. The molecule has 0 saturated carbocycles. The number of rotatable bonds is 3. The number of hydrogen-bond acceptors (Lipinski definition) is 4. The molecular formula is C13H15BrFNO3S2. The minimum atomic E-state index is -3.37.